The van der Waals surface area contributed by atoms with Crippen molar-refractivity contribution < 1.29 is 14.0 Å². The van der Waals surface area contributed by atoms with Gasteiger partial charge in [0.2, 0.25) is 5.91 Å². The van der Waals surface area contributed by atoms with Gasteiger partial charge in [-0.15, -0.1) is 0 Å². The second-order valence-electron chi connectivity index (χ2n) is 7.73. The maximum Gasteiger partial charge on any atom is 0.290 e. The summed E-state index contributed by atoms with van der Waals surface area (Å²) in [6.07, 6.45) is 2.94. The standard InChI is InChI=1S/C25H26N2O3/c1-18(23(19-10-4-2-5-11-19)20-12-6-3-7-13-20)26-24(28)21-14-8-16-27(21)25(29)22-15-9-17-30-22/h2-7,9-13,15,17-18,21,23H,8,14,16H2,1H3,(H,26,28). The number of hydrogen-bond donors (Lipinski definition) is 1. The van der Waals surface area contributed by atoms with E-state index >= 15 is 0 Å². The highest BCUT2D eigenvalue weighted by Gasteiger charge is 2.36. The number of nitrogens with zero attached hydrogens (tertiary/aromatic N) is 1. The average molecular weight is 402 g/mol. The molecule has 5 nitrogen and oxygen atoms in total. The van der Waals surface area contributed by atoms with E-state index in [0.29, 0.717) is 13.0 Å². The van der Waals surface area contributed by atoms with E-state index in [2.05, 4.69) is 29.6 Å². The number of likely N-dealkylation sites (tertiary alicyclic amines) is 1. The van der Waals surface area contributed by atoms with Crippen LogP contribution in [0.15, 0.2) is 83.5 Å². The maximum atomic E-state index is 13.2. The molecule has 1 aromatic heterocycles. The van der Waals surface area contributed by atoms with E-state index in [9.17, 15) is 9.59 Å². The molecule has 4 rings (SSSR count). The van der Waals surface area contributed by atoms with Gasteiger partial charge in [-0.05, 0) is 43.0 Å². The van der Waals surface area contributed by atoms with Crippen LogP contribution < -0.4 is 5.32 Å². The van der Waals surface area contributed by atoms with Crippen molar-refractivity contribution in [3.8, 4) is 0 Å². The van der Waals surface area contributed by atoms with Crippen molar-refractivity contribution in [1.29, 1.82) is 0 Å². The second kappa shape index (κ2) is 8.99. The van der Waals surface area contributed by atoms with Gasteiger partial charge < -0.3 is 14.6 Å². The number of benzene rings is 2. The van der Waals surface area contributed by atoms with Gasteiger partial charge in [0.05, 0.1) is 6.26 Å². The zero-order valence-electron chi connectivity index (χ0n) is 17.0. The van der Waals surface area contributed by atoms with Crippen LogP contribution in [0.25, 0.3) is 0 Å². The molecule has 2 amide bonds. The Bertz CT molecular complexity index is 931. The fraction of sp³-hybridized carbons (Fsp3) is 0.280. The molecule has 0 spiro atoms. The Morgan fingerprint density at radius 3 is 2.17 bits per heavy atom. The Morgan fingerprint density at radius 1 is 0.967 bits per heavy atom. The van der Waals surface area contributed by atoms with Crippen molar-refractivity contribution in [1.82, 2.24) is 10.2 Å². The summed E-state index contributed by atoms with van der Waals surface area (Å²) in [6, 6.07) is 23.1. The SMILES string of the molecule is CC(NC(=O)C1CCCN1C(=O)c1ccco1)C(c1ccccc1)c1ccccc1. The van der Waals surface area contributed by atoms with E-state index in [1.165, 1.54) is 6.26 Å². The summed E-state index contributed by atoms with van der Waals surface area (Å²) in [7, 11) is 0. The van der Waals surface area contributed by atoms with Crippen LogP contribution in [0.4, 0.5) is 0 Å². The third-order valence-corrected chi connectivity index (χ3v) is 5.74. The summed E-state index contributed by atoms with van der Waals surface area (Å²) in [4.78, 5) is 27.5. The van der Waals surface area contributed by atoms with E-state index in [1.54, 1.807) is 17.0 Å². The van der Waals surface area contributed by atoms with Crippen LogP contribution in [-0.2, 0) is 4.79 Å². The molecule has 154 valence electrons. The summed E-state index contributed by atoms with van der Waals surface area (Å²) < 4.78 is 5.25. The van der Waals surface area contributed by atoms with E-state index in [4.69, 9.17) is 4.42 Å². The van der Waals surface area contributed by atoms with Crippen LogP contribution >= 0.6 is 0 Å². The number of nitrogens with one attached hydrogen (secondary N) is 1. The molecule has 2 heterocycles. The van der Waals surface area contributed by atoms with E-state index in [0.717, 1.165) is 17.5 Å². The molecule has 1 aliphatic rings. The lowest BCUT2D eigenvalue weighted by molar-refractivity contribution is -0.125. The minimum atomic E-state index is -0.475. The Labute approximate surface area is 176 Å². The van der Waals surface area contributed by atoms with Gasteiger partial charge in [0.15, 0.2) is 5.76 Å². The molecule has 30 heavy (non-hydrogen) atoms. The van der Waals surface area contributed by atoms with Gasteiger partial charge in [-0.2, -0.15) is 0 Å². The predicted molar refractivity (Wildman–Crippen MR) is 115 cm³/mol. The molecule has 1 N–H and O–H groups in total. The van der Waals surface area contributed by atoms with Crippen LogP contribution in [0, 0.1) is 0 Å². The first-order valence-electron chi connectivity index (χ1n) is 10.4. The number of furan rings is 1. The molecule has 0 radical (unpaired) electrons. The fourth-order valence-electron chi connectivity index (χ4n) is 4.32. The molecule has 1 saturated heterocycles. The summed E-state index contributed by atoms with van der Waals surface area (Å²) in [5, 5.41) is 3.19. The minimum Gasteiger partial charge on any atom is -0.459 e. The first kappa shape index (κ1) is 20.0. The van der Waals surface area contributed by atoms with Crippen molar-refractivity contribution in [2.45, 2.75) is 37.8 Å². The van der Waals surface area contributed by atoms with Crippen LogP contribution in [0.2, 0.25) is 0 Å². The Morgan fingerprint density at radius 2 is 1.60 bits per heavy atom. The van der Waals surface area contributed by atoms with Gasteiger partial charge in [0.25, 0.3) is 5.91 Å². The zero-order valence-corrected chi connectivity index (χ0v) is 17.0. The molecule has 0 saturated carbocycles. The number of amides is 2. The summed E-state index contributed by atoms with van der Waals surface area (Å²) in [5.41, 5.74) is 2.29. The predicted octanol–water partition coefficient (Wildman–Crippen LogP) is 4.22. The van der Waals surface area contributed by atoms with Gasteiger partial charge in [0.1, 0.15) is 6.04 Å². The Balaban J connectivity index is 1.53. The smallest absolute Gasteiger partial charge is 0.290 e. The summed E-state index contributed by atoms with van der Waals surface area (Å²) in [5.74, 6) is -0.0501. The number of hydrogen-bond acceptors (Lipinski definition) is 3. The molecule has 0 bridgehead atoms. The molecule has 0 aliphatic carbocycles. The van der Waals surface area contributed by atoms with Crippen molar-refractivity contribution >= 4 is 11.8 Å². The molecule has 1 aliphatic heterocycles. The highest BCUT2D eigenvalue weighted by molar-refractivity contribution is 5.96. The summed E-state index contributed by atoms with van der Waals surface area (Å²) in [6.45, 7) is 2.59. The Hall–Kier alpha value is -3.34. The highest BCUT2D eigenvalue weighted by Crippen LogP contribution is 2.29. The van der Waals surface area contributed by atoms with Gasteiger partial charge in [0, 0.05) is 18.5 Å². The first-order chi connectivity index (χ1) is 14.6. The van der Waals surface area contributed by atoms with Crippen molar-refractivity contribution in [2.24, 2.45) is 0 Å². The molecule has 5 heteroatoms. The van der Waals surface area contributed by atoms with Crippen molar-refractivity contribution in [3.05, 3.63) is 95.9 Å². The average Bonchev–Trinajstić information content (AvgIpc) is 3.47. The van der Waals surface area contributed by atoms with Gasteiger partial charge in [-0.1, -0.05) is 60.7 Å². The largest absolute Gasteiger partial charge is 0.459 e. The molecular formula is C25H26N2O3. The maximum absolute atomic E-state index is 13.2. The number of rotatable bonds is 6. The van der Waals surface area contributed by atoms with Crippen LogP contribution in [-0.4, -0.2) is 35.3 Å². The quantitative estimate of drug-likeness (QED) is 0.671. The van der Waals surface area contributed by atoms with Crippen LogP contribution in [0.3, 0.4) is 0 Å². The lowest BCUT2D eigenvalue weighted by atomic mass is 9.85. The lowest BCUT2D eigenvalue weighted by Gasteiger charge is -2.29. The monoisotopic (exact) mass is 402 g/mol. The first-order valence-corrected chi connectivity index (χ1v) is 10.4. The van der Waals surface area contributed by atoms with E-state index in [-0.39, 0.29) is 29.5 Å². The zero-order chi connectivity index (χ0) is 20.9. The van der Waals surface area contributed by atoms with Crippen molar-refractivity contribution in [3.63, 3.8) is 0 Å². The van der Waals surface area contributed by atoms with Gasteiger partial charge >= 0.3 is 0 Å². The molecular weight excluding hydrogens is 376 g/mol. The molecule has 2 aromatic carbocycles. The summed E-state index contributed by atoms with van der Waals surface area (Å²) >= 11 is 0. The topological polar surface area (TPSA) is 62.6 Å². The van der Waals surface area contributed by atoms with E-state index < -0.39 is 6.04 Å². The van der Waals surface area contributed by atoms with Gasteiger partial charge in [-0.3, -0.25) is 9.59 Å². The molecule has 2 unspecified atom stereocenters. The van der Waals surface area contributed by atoms with Crippen LogP contribution in [0.1, 0.15) is 47.4 Å². The molecule has 1 fully saturated rings. The third kappa shape index (κ3) is 4.15. The minimum absolute atomic E-state index is 0.0204. The second-order valence-corrected chi connectivity index (χ2v) is 7.73. The lowest BCUT2D eigenvalue weighted by Crippen LogP contribution is -2.49. The van der Waals surface area contributed by atoms with Crippen LogP contribution in [0.5, 0.6) is 0 Å². The number of carbonyl (C=O) groups is 2. The van der Waals surface area contributed by atoms with Gasteiger partial charge in [-0.25, -0.2) is 0 Å². The number of carbonyl (C=O) groups excluding carboxylic acids is 2. The third-order valence-electron chi connectivity index (χ3n) is 5.74. The van der Waals surface area contributed by atoms with Crippen molar-refractivity contribution in [2.75, 3.05) is 6.54 Å². The molecule has 3 aromatic rings. The van der Waals surface area contributed by atoms with E-state index in [1.807, 2.05) is 43.3 Å². The fourth-order valence-corrected chi connectivity index (χ4v) is 4.32. The highest BCUT2D eigenvalue weighted by atomic mass is 16.3. The Kier molecular flexibility index (Phi) is 5.98. The molecule has 2 atom stereocenters. The normalized spacial score (nSPS) is 17.1.